The summed E-state index contributed by atoms with van der Waals surface area (Å²) >= 11 is 0. The van der Waals surface area contributed by atoms with E-state index < -0.39 is 5.97 Å². The highest BCUT2D eigenvalue weighted by Crippen LogP contribution is 2.25. The molecule has 3 rings (SSSR count). The molecule has 0 spiro atoms. The summed E-state index contributed by atoms with van der Waals surface area (Å²) in [4.78, 5) is 15.5. The van der Waals surface area contributed by atoms with Gasteiger partial charge in [0, 0.05) is 18.5 Å². The first-order valence-electron chi connectivity index (χ1n) is 6.48. The molecular weight excluding hydrogens is 258 g/mol. The lowest BCUT2D eigenvalue weighted by molar-refractivity contribution is -0.142. The van der Waals surface area contributed by atoms with Crippen molar-refractivity contribution in [3.8, 4) is 17.1 Å². The Kier molecular flexibility index (Phi) is 3.14. The van der Waals surface area contributed by atoms with Crippen molar-refractivity contribution in [1.82, 2.24) is 14.8 Å². The molecule has 2 heterocycles. The van der Waals surface area contributed by atoms with E-state index in [-0.39, 0.29) is 5.92 Å². The zero-order chi connectivity index (χ0) is 14.1. The number of methoxy groups -OCH3 is 1. The third-order valence-corrected chi connectivity index (χ3v) is 3.54. The van der Waals surface area contributed by atoms with E-state index >= 15 is 0 Å². The van der Waals surface area contributed by atoms with Crippen molar-refractivity contribution in [2.24, 2.45) is 5.92 Å². The molecule has 2 aromatic rings. The van der Waals surface area contributed by atoms with Gasteiger partial charge in [0.15, 0.2) is 5.82 Å². The van der Waals surface area contributed by atoms with Gasteiger partial charge in [-0.05, 0) is 18.6 Å². The number of fused-ring (bicyclic) bond motifs is 1. The Labute approximate surface area is 116 Å². The molecule has 104 valence electrons. The number of carbonyl (C=O) groups is 1. The molecule has 1 N–H and O–H groups in total. The summed E-state index contributed by atoms with van der Waals surface area (Å²) in [6.45, 7) is 0.600. The Morgan fingerprint density at radius 3 is 3.10 bits per heavy atom. The third kappa shape index (κ3) is 2.24. The number of aromatic nitrogens is 3. The van der Waals surface area contributed by atoms with Crippen LogP contribution in [0.25, 0.3) is 11.4 Å². The molecule has 1 unspecified atom stereocenters. The van der Waals surface area contributed by atoms with Crippen LogP contribution in [0.2, 0.25) is 0 Å². The first kappa shape index (κ1) is 12.7. The lowest BCUT2D eigenvalue weighted by Crippen LogP contribution is -2.26. The molecule has 0 bridgehead atoms. The maximum Gasteiger partial charge on any atom is 0.307 e. The van der Waals surface area contributed by atoms with E-state index in [9.17, 15) is 4.79 Å². The Balaban J connectivity index is 1.92. The van der Waals surface area contributed by atoms with E-state index in [1.165, 1.54) is 0 Å². The van der Waals surface area contributed by atoms with Crippen LogP contribution in [0.3, 0.4) is 0 Å². The van der Waals surface area contributed by atoms with Crippen LogP contribution in [0.15, 0.2) is 24.3 Å². The maximum absolute atomic E-state index is 11.1. The van der Waals surface area contributed by atoms with Crippen LogP contribution in [0.5, 0.6) is 5.75 Å². The molecule has 0 radical (unpaired) electrons. The Morgan fingerprint density at radius 2 is 2.35 bits per heavy atom. The minimum absolute atomic E-state index is 0.357. The minimum atomic E-state index is -0.762. The van der Waals surface area contributed by atoms with E-state index in [4.69, 9.17) is 9.84 Å². The van der Waals surface area contributed by atoms with Gasteiger partial charge in [-0.15, -0.1) is 0 Å². The van der Waals surface area contributed by atoms with Crippen molar-refractivity contribution in [1.29, 1.82) is 0 Å². The second-order valence-electron chi connectivity index (χ2n) is 4.83. The summed E-state index contributed by atoms with van der Waals surface area (Å²) in [6.07, 6.45) is 1.04. The summed E-state index contributed by atoms with van der Waals surface area (Å²) in [5.74, 6) is 0.983. The van der Waals surface area contributed by atoms with Crippen molar-refractivity contribution < 1.29 is 14.6 Å². The van der Waals surface area contributed by atoms with Crippen molar-refractivity contribution in [2.45, 2.75) is 19.4 Å². The first-order valence-corrected chi connectivity index (χ1v) is 6.48. The molecule has 1 atom stereocenters. The van der Waals surface area contributed by atoms with Crippen LogP contribution in [0.4, 0.5) is 0 Å². The molecular formula is C14H15N3O3. The molecule has 0 saturated heterocycles. The highest BCUT2D eigenvalue weighted by atomic mass is 16.5. The normalized spacial score (nSPS) is 17.6. The van der Waals surface area contributed by atoms with Crippen LogP contribution >= 0.6 is 0 Å². The van der Waals surface area contributed by atoms with Crippen LogP contribution in [0.1, 0.15) is 12.2 Å². The van der Waals surface area contributed by atoms with Gasteiger partial charge in [-0.1, -0.05) is 12.1 Å². The average Bonchev–Trinajstić information content (AvgIpc) is 2.90. The van der Waals surface area contributed by atoms with Crippen molar-refractivity contribution in [2.75, 3.05) is 7.11 Å². The van der Waals surface area contributed by atoms with Crippen LogP contribution in [0, 0.1) is 5.92 Å². The van der Waals surface area contributed by atoms with Crippen LogP contribution in [-0.2, 0) is 17.8 Å². The number of benzene rings is 1. The van der Waals surface area contributed by atoms with Crippen LogP contribution in [-0.4, -0.2) is 33.0 Å². The number of rotatable bonds is 3. The fourth-order valence-corrected chi connectivity index (χ4v) is 2.40. The van der Waals surface area contributed by atoms with Gasteiger partial charge in [0.05, 0.1) is 13.0 Å². The van der Waals surface area contributed by atoms with E-state index in [0.29, 0.717) is 25.2 Å². The Hall–Kier alpha value is -2.37. The number of hydrogen-bond acceptors (Lipinski definition) is 4. The second-order valence-corrected chi connectivity index (χ2v) is 4.83. The largest absolute Gasteiger partial charge is 0.497 e. The number of carboxylic acids is 1. The molecule has 1 aliphatic heterocycles. The zero-order valence-electron chi connectivity index (χ0n) is 11.1. The summed E-state index contributed by atoms with van der Waals surface area (Å²) < 4.78 is 6.99. The van der Waals surface area contributed by atoms with E-state index in [1.54, 1.807) is 11.8 Å². The van der Waals surface area contributed by atoms with Crippen LogP contribution < -0.4 is 4.74 Å². The zero-order valence-corrected chi connectivity index (χ0v) is 11.1. The maximum atomic E-state index is 11.1. The molecule has 1 aliphatic rings. The summed E-state index contributed by atoms with van der Waals surface area (Å²) in [7, 11) is 1.61. The number of nitrogens with zero attached hydrogens (tertiary/aromatic N) is 3. The molecule has 0 amide bonds. The Bertz CT molecular complexity index is 651. The molecule has 6 heteroatoms. The summed E-state index contributed by atoms with van der Waals surface area (Å²) in [5.41, 5.74) is 0.873. The molecule has 20 heavy (non-hydrogen) atoms. The molecule has 6 nitrogen and oxygen atoms in total. The minimum Gasteiger partial charge on any atom is -0.497 e. The predicted molar refractivity (Wildman–Crippen MR) is 71.5 cm³/mol. The van der Waals surface area contributed by atoms with Crippen molar-refractivity contribution in [3.63, 3.8) is 0 Å². The van der Waals surface area contributed by atoms with Gasteiger partial charge in [-0.3, -0.25) is 4.79 Å². The number of ether oxygens (including phenoxy) is 1. The first-order chi connectivity index (χ1) is 9.67. The molecule has 1 aromatic carbocycles. The van der Waals surface area contributed by atoms with Gasteiger partial charge in [0.1, 0.15) is 11.6 Å². The Morgan fingerprint density at radius 1 is 1.50 bits per heavy atom. The monoisotopic (exact) mass is 273 g/mol. The average molecular weight is 273 g/mol. The number of aliphatic carboxylic acids is 1. The van der Waals surface area contributed by atoms with Gasteiger partial charge in [0.25, 0.3) is 0 Å². The highest BCUT2D eigenvalue weighted by molar-refractivity contribution is 5.70. The third-order valence-electron chi connectivity index (χ3n) is 3.54. The van der Waals surface area contributed by atoms with Gasteiger partial charge < -0.3 is 9.84 Å². The topological polar surface area (TPSA) is 77.2 Å². The highest BCUT2D eigenvalue weighted by Gasteiger charge is 2.26. The van der Waals surface area contributed by atoms with Crippen molar-refractivity contribution in [3.05, 3.63) is 30.1 Å². The summed E-state index contributed by atoms with van der Waals surface area (Å²) in [6, 6.07) is 7.53. The number of aryl methyl sites for hydroxylation is 1. The standard InChI is InChI=1S/C14H15N3O3/c1-20-11-4-2-3-9(7-11)13-15-12-8-10(14(18)19)5-6-17(12)16-13/h2-4,7,10H,5-6,8H2,1H3,(H,18,19). The van der Waals surface area contributed by atoms with Gasteiger partial charge >= 0.3 is 5.97 Å². The fraction of sp³-hybridized carbons (Fsp3) is 0.357. The fourth-order valence-electron chi connectivity index (χ4n) is 2.40. The van der Waals surface area contributed by atoms with E-state index in [0.717, 1.165) is 17.1 Å². The lowest BCUT2D eigenvalue weighted by atomic mass is 9.98. The van der Waals surface area contributed by atoms with E-state index in [1.807, 2.05) is 24.3 Å². The van der Waals surface area contributed by atoms with Gasteiger partial charge in [-0.2, -0.15) is 5.10 Å². The van der Waals surface area contributed by atoms with E-state index in [2.05, 4.69) is 10.1 Å². The predicted octanol–water partition coefficient (Wildman–Crippen LogP) is 1.60. The molecule has 0 saturated carbocycles. The molecule has 1 aromatic heterocycles. The summed E-state index contributed by atoms with van der Waals surface area (Å²) in [5, 5.41) is 13.5. The lowest BCUT2D eigenvalue weighted by Gasteiger charge is -2.17. The number of carboxylic acid groups (broad SMARTS) is 1. The number of hydrogen-bond donors (Lipinski definition) is 1. The molecule has 0 fully saturated rings. The van der Waals surface area contributed by atoms with Gasteiger partial charge in [-0.25, -0.2) is 9.67 Å². The molecule has 0 aliphatic carbocycles. The smallest absolute Gasteiger partial charge is 0.307 e. The van der Waals surface area contributed by atoms with Gasteiger partial charge in [0.2, 0.25) is 0 Å². The second kappa shape index (κ2) is 4.96. The quantitative estimate of drug-likeness (QED) is 0.919. The van der Waals surface area contributed by atoms with Crippen molar-refractivity contribution >= 4 is 5.97 Å². The SMILES string of the molecule is COc1cccc(-c2nc3n(n2)CCC(C(=O)O)C3)c1.